The van der Waals surface area contributed by atoms with E-state index < -0.39 is 0 Å². The standard InChI is InChI=1S/C21H27N3O2/c25-20(11-10-19-22-23-21(26-19)18-8-4-5-9-18)24-14-12-17(13-15-24)16-6-2-1-3-7-16/h1-3,6-7,17-18H,4-5,8-15H2. The number of rotatable bonds is 5. The molecule has 2 aliphatic rings. The zero-order chi connectivity index (χ0) is 17.8. The highest BCUT2D eigenvalue weighted by molar-refractivity contribution is 5.76. The van der Waals surface area contributed by atoms with Crippen molar-refractivity contribution in [3.05, 3.63) is 47.7 Å². The maximum Gasteiger partial charge on any atom is 0.223 e. The van der Waals surface area contributed by atoms with Crippen molar-refractivity contribution in [3.8, 4) is 0 Å². The Morgan fingerprint density at radius 2 is 1.73 bits per heavy atom. The number of carbonyl (C=O) groups excluding carboxylic acids is 1. The summed E-state index contributed by atoms with van der Waals surface area (Å²) in [6, 6.07) is 10.6. The second kappa shape index (κ2) is 8.02. The first-order valence-electron chi connectivity index (χ1n) is 9.94. The second-order valence-electron chi connectivity index (χ2n) is 7.58. The minimum atomic E-state index is 0.206. The van der Waals surface area contributed by atoms with E-state index in [-0.39, 0.29) is 5.91 Å². The van der Waals surface area contributed by atoms with E-state index in [0.29, 0.717) is 30.6 Å². The number of hydrogen-bond acceptors (Lipinski definition) is 4. The van der Waals surface area contributed by atoms with Crippen LogP contribution in [0.25, 0.3) is 0 Å². The fraction of sp³-hybridized carbons (Fsp3) is 0.571. The Bertz CT molecular complexity index is 714. The van der Waals surface area contributed by atoms with Crippen molar-refractivity contribution in [2.75, 3.05) is 13.1 Å². The van der Waals surface area contributed by atoms with Crippen LogP contribution in [-0.2, 0) is 11.2 Å². The van der Waals surface area contributed by atoms with Crippen molar-refractivity contribution < 1.29 is 9.21 Å². The molecule has 1 aliphatic heterocycles. The minimum absolute atomic E-state index is 0.206. The Hall–Kier alpha value is -2.17. The molecule has 0 bridgehead atoms. The number of aromatic nitrogens is 2. The predicted molar refractivity (Wildman–Crippen MR) is 98.8 cm³/mol. The van der Waals surface area contributed by atoms with Crippen molar-refractivity contribution in [2.24, 2.45) is 0 Å². The molecule has 2 heterocycles. The van der Waals surface area contributed by atoms with Gasteiger partial charge in [-0.3, -0.25) is 4.79 Å². The Balaban J connectivity index is 1.24. The van der Waals surface area contributed by atoms with Crippen LogP contribution in [0, 0.1) is 0 Å². The van der Waals surface area contributed by atoms with E-state index in [1.165, 1.54) is 18.4 Å². The summed E-state index contributed by atoms with van der Waals surface area (Å²) in [6.07, 6.45) is 7.90. The number of amides is 1. The van der Waals surface area contributed by atoms with Crippen molar-refractivity contribution in [3.63, 3.8) is 0 Å². The lowest BCUT2D eigenvalue weighted by Gasteiger charge is -2.32. The van der Waals surface area contributed by atoms with Crippen LogP contribution in [0.2, 0.25) is 0 Å². The largest absolute Gasteiger partial charge is 0.425 e. The maximum absolute atomic E-state index is 12.5. The zero-order valence-corrected chi connectivity index (χ0v) is 15.3. The van der Waals surface area contributed by atoms with Gasteiger partial charge in [-0.15, -0.1) is 10.2 Å². The van der Waals surface area contributed by atoms with Crippen LogP contribution in [0.4, 0.5) is 0 Å². The molecular formula is C21H27N3O2. The average Bonchev–Trinajstić information content (AvgIpc) is 3.38. The van der Waals surface area contributed by atoms with E-state index in [2.05, 4.69) is 40.5 Å². The summed E-state index contributed by atoms with van der Waals surface area (Å²) in [6.45, 7) is 1.69. The van der Waals surface area contributed by atoms with Crippen LogP contribution >= 0.6 is 0 Å². The van der Waals surface area contributed by atoms with E-state index in [1.807, 2.05) is 4.90 Å². The van der Waals surface area contributed by atoms with Gasteiger partial charge in [0.2, 0.25) is 17.7 Å². The van der Waals surface area contributed by atoms with Crippen LogP contribution < -0.4 is 0 Å². The predicted octanol–water partition coefficient (Wildman–Crippen LogP) is 4.07. The van der Waals surface area contributed by atoms with E-state index in [1.54, 1.807) is 0 Å². The van der Waals surface area contributed by atoms with Gasteiger partial charge in [-0.05, 0) is 37.2 Å². The topological polar surface area (TPSA) is 59.2 Å². The summed E-state index contributed by atoms with van der Waals surface area (Å²) in [7, 11) is 0. The third kappa shape index (κ3) is 3.97. The highest BCUT2D eigenvalue weighted by atomic mass is 16.4. The number of hydrogen-bond donors (Lipinski definition) is 0. The molecule has 0 spiro atoms. The first kappa shape index (κ1) is 17.3. The molecule has 2 fully saturated rings. The van der Waals surface area contributed by atoms with Gasteiger partial charge in [0.25, 0.3) is 0 Å². The monoisotopic (exact) mass is 353 g/mol. The van der Waals surface area contributed by atoms with Gasteiger partial charge < -0.3 is 9.32 Å². The number of benzene rings is 1. The molecule has 1 aromatic heterocycles. The zero-order valence-electron chi connectivity index (χ0n) is 15.3. The van der Waals surface area contributed by atoms with Crippen LogP contribution in [0.3, 0.4) is 0 Å². The fourth-order valence-electron chi connectivity index (χ4n) is 4.26. The lowest BCUT2D eigenvalue weighted by Crippen LogP contribution is -2.38. The molecule has 1 aromatic carbocycles. The molecule has 0 N–H and O–H groups in total. The van der Waals surface area contributed by atoms with E-state index >= 15 is 0 Å². The summed E-state index contributed by atoms with van der Waals surface area (Å²) >= 11 is 0. The van der Waals surface area contributed by atoms with Crippen molar-refractivity contribution in [1.82, 2.24) is 15.1 Å². The van der Waals surface area contributed by atoms with Gasteiger partial charge in [0.1, 0.15) is 0 Å². The maximum atomic E-state index is 12.5. The number of piperidine rings is 1. The van der Waals surface area contributed by atoms with Crippen LogP contribution in [0.15, 0.2) is 34.7 Å². The molecule has 1 saturated heterocycles. The van der Waals surface area contributed by atoms with Crippen LogP contribution in [0.1, 0.15) is 74.1 Å². The molecule has 4 rings (SSSR count). The molecule has 1 saturated carbocycles. The highest BCUT2D eigenvalue weighted by Crippen LogP contribution is 2.33. The first-order valence-corrected chi connectivity index (χ1v) is 9.94. The second-order valence-corrected chi connectivity index (χ2v) is 7.58. The molecule has 5 nitrogen and oxygen atoms in total. The Morgan fingerprint density at radius 3 is 2.46 bits per heavy atom. The highest BCUT2D eigenvalue weighted by Gasteiger charge is 2.25. The molecule has 138 valence electrons. The molecule has 1 amide bonds. The summed E-state index contributed by atoms with van der Waals surface area (Å²) in [5.41, 5.74) is 1.39. The molecule has 1 aliphatic carbocycles. The van der Waals surface area contributed by atoms with Gasteiger partial charge in [0, 0.05) is 31.8 Å². The summed E-state index contributed by atoms with van der Waals surface area (Å²) in [5, 5.41) is 8.33. The Labute approximate surface area is 154 Å². The van der Waals surface area contributed by atoms with Crippen molar-refractivity contribution in [1.29, 1.82) is 0 Å². The molecule has 0 unspecified atom stereocenters. The molecule has 0 atom stereocenters. The SMILES string of the molecule is O=C(CCc1nnc(C2CCCC2)o1)N1CCC(c2ccccc2)CC1. The minimum Gasteiger partial charge on any atom is -0.425 e. The number of nitrogens with zero attached hydrogens (tertiary/aromatic N) is 3. The third-order valence-electron chi connectivity index (χ3n) is 5.86. The molecular weight excluding hydrogens is 326 g/mol. The fourth-order valence-corrected chi connectivity index (χ4v) is 4.26. The Kier molecular flexibility index (Phi) is 5.32. The van der Waals surface area contributed by atoms with E-state index in [4.69, 9.17) is 4.42 Å². The average molecular weight is 353 g/mol. The van der Waals surface area contributed by atoms with Gasteiger partial charge in [-0.1, -0.05) is 43.2 Å². The van der Waals surface area contributed by atoms with Gasteiger partial charge in [0.05, 0.1) is 0 Å². The van der Waals surface area contributed by atoms with Gasteiger partial charge in [-0.2, -0.15) is 0 Å². The molecule has 0 radical (unpaired) electrons. The smallest absolute Gasteiger partial charge is 0.223 e. The molecule has 2 aromatic rings. The normalized spacial score (nSPS) is 19.2. The summed E-state index contributed by atoms with van der Waals surface area (Å²) in [5.74, 6) is 2.60. The van der Waals surface area contributed by atoms with Crippen LogP contribution in [-0.4, -0.2) is 34.1 Å². The number of aryl methyl sites for hydroxylation is 1. The van der Waals surface area contributed by atoms with Crippen LogP contribution in [0.5, 0.6) is 0 Å². The number of carbonyl (C=O) groups is 1. The number of likely N-dealkylation sites (tertiary alicyclic amines) is 1. The van der Waals surface area contributed by atoms with Crippen molar-refractivity contribution >= 4 is 5.91 Å². The lowest BCUT2D eigenvalue weighted by molar-refractivity contribution is -0.132. The van der Waals surface area contributed by atoms with Gasteiger partial charge in [-0.25, -0.2) is 0 Å². The van der Waals surface area contributed by atoms with Crippen molar-refractivity contribution in [2.45, 2.75) is 63.2 Å². The van der Waals surface area contributed by atoms with E-state index in [0.717, 1.165) is 44.7 Å². The Morgan fingerprint density at radius 1 is 1.00 bits per heavy atom. The summed E-state index contributed by atoms with van der Waals surface area (Å²) in [4.78, 5) is 14.5. The molecule has 26 heavy (non-hydrogen) atoms. The van der Waals surface area contributed by atoms with Gasteiger partial charge in [0.15, 0.2) is 0 Å². The quantitative estimate of drug-likeness (QED) is 0.813. The third-order valence-corrected chi connectivity index (χ3v) is 5.86. The lowest BCUT2D eigenvalue weighted by atomic mass is 9.89. The van der Waals surface area contributed by atoms with Gasteiger partial charge >= 0.3 is 0 Å². The van der Waals surface area contributed by atoms with E-state index in [9.17, 15) is 4.79 Å². The molecule has 5 heteroatoms. The summed E-state index contributed by atoms with van der Waals surface area (Å²) < 4.78 is 5.79. The first-order chi connectivity index (χ1) is 12.8.